The van der Waals surface area contributed by atoms with Crippen LogP contribution in [-0.2, 0) is 13.1 Å². The SMILES string of the molecule is c1c[nH]c(CN(Cc2ncc[nH]2)[C@H]2CC[C@H](CN3CCC4(CC3)CCN(C3CCCCC3)CC4)CC2)n1. The summed E-state index contributed by atoms with van der Waals surface area (Å²) in [5.74, 6) is 2.98. The number of aromatic amines is 2. The Labute approximate surface area is 223 Å². The molecule has 4 fully saturated rings. The Morgan fingerprint density at radius 1 is 0.757 bits per heavy atom. The van der Waals surface area contributed by atoms with Gasteiger partial charge in [0.25, 0.3) is 0 Å². The summed E-state index contributed by atoms with van der Waals surface area (Å²) in [4.78, 5) is 23.9. The third-order valence-electron chi connectivity index (χ3n) is 10.5. The van der Waals surface area contributed by atoms with Gasteiger partial charge in [-0.3, -0.25) is 4.90 Å². The number of nitrogens with one attached hydrogen (secondary N) is 2. The van der Waals surface area contributed by atoms with E-state index >= 15 is 0 Å². The Morgan fingerprint density at radius 3 is 1.92 bits per heavy atom. The van der Waals surface area contributed by atoms with Crippen molar-refractivity contribution >= 4 is 0 Å². The summed E-state index contributed by atoms with van der Waals surface area (Å²) in [6.07, 6.45) is 26.0. The minimum atomic E-state index is 0.616. The zero-order valence-electron chi connectivity index (χ0n) is 22.9. The van der Waals surface area contributed by atoms with Crippen LogP contribution in [0, 0.1) is 11.3 Å². The highest BCUT2D eigenvalue weighted by Gasteiger charge is 2.39. The number of hydrogen-bond acceptors (Lipinski definition) is 5. The van der Waals surface area contributed by atoms with Gasteiger partial charge in [0.05, 0.1) is 13.1 Å². The number of aromatic nitrogens is 4. The van der Waals surface area contributed by atoms with Crippen molar-refractivity contribution in [1.29, 1.82) is 0 Å². The van der Waals surface area contributed by atoms with Crippen molar-refractivity contribution in [2.24, 2.45) is 11.3 Å². The first-order chi connectivity index (χ1) is 18.2. The van der Waals surface area contributed by atoms with Crippen LogP contribution < -0.4 is 0 Å². The third kappa shape index (κ3) is 6.48. The molecule has 4 heterocycles. The van der Waals surface area contributed by atoms with E-state index < -0.39 is 0 Å². The molecule has 7 nitrogen and oxygen atoms in total. The Balaban J connectivity index is 0.942. The highest BCUT2D eigenvalue weighted by molar-refractivity contribution is 4.95. The van der Waals surface area contributed by atoms with Gasteiger partial charge in [0.2, 0.25) is 0 Å². The zero-order chi connectivity index (χ0) is 24.9. The Morgan fingerprint density at radius 2 is 1.35 bits per heavy atom. The number of piperidine rings is 2. The van der Waals surface area contributed by atoms with E-state index in [1.54, 1.807) is 0 Å². The maximum atomic E-state index is 4.50. The first-order valence-corrected chi connectivity index (χ1v) is 15.4. The summed E-state index contributed by atoms with van der Waals surface area (Å²) in [6, 6.07) is 1.53. The van der Waals surface area contributed by atoms with Crippen LogP contribution in [0.3, 0.4) is 0 Å². The number of likely N-dealkylation sites (tertiary alicyclic amines) is 2. The minimum absolute atomic E-state index is 0.616. The Hall–Kier alpha value is -1.70. The lowest BCUT2D eigenvalue weighted by Gasteiger charge is -2.49. The van der Waals surface area contributed by atoms with Gasteiger partial charge in [0.1, 0.15) is 11.6 Å². The molecule has 7 heteroatoms. The van der Waals surface area contributed by atoms with Gasteiger partial charge in [0.15, 0.2) is 0 Å². The second-order valence-corrected chi connectivity index (χ2v) is 12.8. The van der Waals surface area contributed by atoms with Gasteiger partial charge < -0.3 is 19.8 Å². The van der Waals surface area contributed by atoms with Gasteiger partial charge in [-0.25, -0.2) is 9.97 Å². The standard InChI is InChI=1S/C30H49N7/c1-2-4-26(5-3-1)36-20-12-30(13-21-36)10-18-35(19-11-30)22-25-6-8-27(9-7-25)37(23-28-31-14-15-32-28)24-29-33-16-17-34-29/h14-17,25-27H,1-13,18-24H2,(H,31,32)(H,33,34)/t25-,27-. The lowest BCUT2D eigenvalue weighted by atomic mass is 9.70. The van der Waals surface area contributed by atoms with Crippen LogP contribution in [0.5, 0.6) is 0 Å². The van der Waals surface area contributed by atoms with E-state index in [4.69, 9.17) is 0 Å². The number of rotatable bonds is 8. The summed E-state index contributed by atoms with van der Waals surface area (Å²) in [6.45, 7) is 8.50. The average Bonchev–Trinajstić information content (AvgIpc) is 3.66. The van der Waals surface area contributed by atoms with Crippen LogP contribution in [0.1, 0.15) is 95.1 Å². The molecule has 2 aromatic heterocycles. The highest BCUT2D eigenvalue weighted by Crippen LogP contribution is 2.43. The average molecular weight is 508 g/mol. The minimum Gasteiger partial charge on any atom is -0.348 e. The van der Waals surface area contributed by atoms with Gasteiger partial charge >= 0.3 is 0 Å². The van der Waals surface area contributed by atoms with Crippen molar-refractivity contribution < 1.29 is 0 Å². The van der Waals surface area contributed by atoms with E-state index in [-0.39, 0.29) is 0 Å². The summed E-state index contributed by atoms with van der Waals surface area (Å²) < 4.78 is 0. The molecule has 0 unspecified atom stereocenters. The van der Waals surface area contributed by atoms with Crippen LogP contribution >= 0.6 is 0 Å². The molecular formula is C30H49N7. The molecule has 0 atom stereocenters. The van der Waals surface area contributed by atoms with E-state index in [0.717, 1.165) is 36.7 Å². The second kappa shape index (κ2) is 12.0. The summed E-state index contributed by atoms with van der Waals surface area (Å²) in [5.41, 5.74) is 0.664. The number of imidazole rings is 2. The molecule has 1 spiro atoms. The van der Waals surface area contributed by atoms with Crippen LogP contribution in [0.4, 0.5) is 0 Å². The van der Waals surface area contributed by atoms with E-state index in [0.29, 0.717) is 11.5 Å². The highest BCUT2D eigenvalue weighted by atomic mass is 15.2. The molecule has 0 bridgehead atoms. The molecule has 2 saturated heterocycles. The summed E-state index contributed by atoms with van der Waals surface area (Å²) >= 11 is 0. The molecule has 6 rings (SSSR count). The number of H-pyrrole nitrogens is 2. The fourth-order valence-corrected chi connectivity index (χ4v) is 8.05. The van der Waals surface area contributed by atoms with Crippen LogP contribution in [0.15, 0.2) is 24.8 Å². The van der Waals surface area contributed by atoms with Crippen LogP contribution in [-0.4, -0.2) is 79.4 Å². The summed E-state index contributed by atoms with van der Waals surface area (Å²) in [7, 11) is 0. The maximum absolute atomic E-state index is 4.50. The molecule has 2 N–H and O–H groups in total. The molecule has 0 aromatic carbocycles. The predicted molar refractivity (Wildman–Crippen MR) is 148 cm³/mol. The van der Waals surface area contributed by atoms with E-state index in [1.807, 2.05) is 24.8 Å². The van der Waals surface area contributed by atoms with E-state index in [1.165, 1.54) is 116 Å². The maximum Gasteiger partial charge on any atom is 0.120 e. The van der Waals surface area contributed by atoms with Gasteiger partial charge in [-0.15, -0.1) is 0 Å². The van der Waals surface area contributed by atoms with Gasteiger partial charge in [-0.1, -0.05) is 19.3 Å². The number of hydrogen-bond donors (Lipinski definition) is 2. The first kappa shape index (κ1) is 25.6. The molecule has 0 amide bonds. The topological polar surface area (TPSA) is 67.1 Å². The van der Waals surface area contributed by atoms with Crippen LogP contribution in [0.25, 0.3) is 0 Å². The quantitative estimate of drug-likeness (QED) is 0.514. The number of nitrogens with zero attached hydrogens (tertiary/aromatic N) is 5. The molecule has 2 aromatic rings. The fraction of sp³-hybridized carbons (Fsp3) is 0.800. The fourth-order valence-electron chi connectivity index (χ4n) is 8.05. The van der Waals surface area contributed by atoms with Gasteiger partial charge in [0, 0.05) is 43.4 Å². The zero-order valence-corrected chi connectivity index (χ0v) is 22.9. The normalized spacial score (nSPS) is 28.2. The molecule has 0 radical (unpaired) electrons. The molecule has 2 aliphatic carbocycles. The Bertz CT molecular complexity index is 858. The molecule has 4 aliphatic rings. The largest absolute Gasteiger partial charge is 0.348 e. The van der Waals surface area contributed by atoms with Gasteiger partial charge in [-0.05, 0) is 102 Å². The van der Waals surface area contributed by atoms with Crippen molar-refractivity contribution in [2.75, 3.05) is 32.7 Å². The first-order valence-electron chi connectivity index (χ1n) is 15.4. The van der Waals surface area contributed by atoms with Crippen molar-refractivity contribution in [3.63, 3.8) is 0 Å². The van der Waals surface area contributed by atoms with Crippen LogP contribution in [0.2, 0.25) is 0 Å². The Kier molecular flexibility index (Phi) is 8.29. The molecule has 2 saturated carbocycles. The molecular weight excluding hydrogens is 458 g/mol. The van der Waals surface area contributed by atoms with E-state index in [9.17, 15) is 0 Å². The smallest absolute Gasteiger partial charge is 0.120 e. The second-order valence-electron chi connectivity index (χ2n) is 12.8. The van der Waals surface area contributed by atoms with Crippen molar-refractivity contribution in [3.8, 4) is 0 Å². The van der Waals surface area contributed by atoms with Crippen molar-refractivity contribution in [3.05, 3.63) is 36.4 Å². The lowest BCUT2D eigenvalue weighted by molar-refractivity contribution is 0.00725. The third-order valence-corrected chi connectivity index (χ3v) is 10.5. The van der Waals surface area contributed by atoms with Crippen molar-refractivity contribution in [2.45, 2.75) is 109 Å². The monoisotopic (exact) mass is 507 g/mol. The van der Waals surface area contributed by atoms with Crippen molar-refractivity contribution in [1.82, 2.24) is 34.6 Å². The lowest BCUT2D eigenvalue weighted by Crippen LogP contribution is -2.50. The molecule has 2 aliphatic heterocycles. The molecule has 204 valence electrons. The molecule has 37 heavy (non-hydrogen) atoms. The summed E-state index contributed by atoms with van der Waals surface area (Å²) in [5, 5.41) is 0. The van der Waals surface area contributed by atoms with E-state index in [2.05, 4.69) is 34.6 Å². The predicted octanol–water partition coefficient (Wildman–Crippen LogP) is 5.20. The van der Waals surface area contributed by atoms with Gasteiger partial charge in [-0.2, -0.15) is 0 Å².